The van der Waals surface area contributed by atoms with Crippen LogP contribution in [0, 0.1) is 0 Å². The number of nitrogens with one attached hydrogen (secondary N) is 1. The Hall–Kier alpha value is -3.54. The van der Waals surface area contributed by atoms with Crippen LogP contribution in [0.3, 0.4) is 0 Å². The molecule has 4 rings (SSSR count). The van der Waals surface area contributed by atoms with Crippen LogP contribution in [0.25, 0.3) is 5.52 Å². The lowest BCUT2D eigenvalue weighted by Crippen LogP contribution is -2.13. The highest BCUT2D eigenvalue weighted by atomic mass is 16.1. The van der Waals surface area contributed by atoms with Crippen molar-refractivity contribution in [2.75, 3.05) is 5.32 Å². The summed E-state index contributed by atoms with van der Waals surface area (Å²) in [4.78, 5) is 25.4. The molecular weight excluding hydrogens is 314 g/mol. The second-order valence-corrected chi connectivity index (χ2v) is 5.57. The van der Waals surface area contributed by atoms with Gasteiger partial charge in [-0.1, -0.05) is 12.1 Å². The normalized spacial score (nSPS) is 10.7. The molecule has 0 aromatic carbocycles. The average molecular weight is 329 g/mol. The Balaban J connectivity index is 1.71. The topological polar surface area (TPSA) is 72.2 Å². The second kappa shape index (κ2) is 6.52. The van der Waals surface area contributed by atoms with Crippen LogP contribution in [-0.2, 0) is 6.42 Å². The van der Waals surface area contributed by atoms with Crippen molar-refractivity contribution in [1.82, 2.24) is 19.4 Å². The quantitative estimate of drug-likeness (QED) is 0.625. The molecule has 0 spiro atoms. The number of carbonyl (C=O) groups excluding carboxylic acids is 1. The number of aromatic nitrogens is 4. The number of hydrogen-bond donors (Lipinski definition) is 1. The van der Waals surface area contributed by atoms with E-state index in [9.17, 15) is 4.79 Å². The zero-order chi connectivity index (χ0) is 17.1. The molecule has 0 aliphatic rings. The van der Waals surface area contributed by atoms with Crippen molar-refractivity contribution in [1.29, 1.82) is 0 Å². The molecule has 1 N–H and O–H groups in total. The first-order valence-electron chi connectivity index (χ1n) is 7.87. The number of pyridine rings is 3. The van der Waals surface area contributed by atoms with Crippen molar-refractivity contribution in [3.8, 4) is 0 Å². The summed E-state index contributed by atoms with van der Waals surface area (Å²) in [6, 6.07) is 13.1. The standard InChI is InChI=1S/C19H15N5O/c25-19(22-15-6-4-9-21-13-15)18-16-7-1-2-10-24(16)17(23-18)11-14-5-3-8-20-12-14/h1-10,12-13H,11H2,(H,22,25). The molecule has 1 amide bonds. The van der Waals surface area contributed by atoms with E-state index < -0.39 is 0 Å². The molecule has 25 heavy (non-hydrogen) atoms. The van der Waals surface area contributed by atoms with Crippen molar-refractivity contribution in [3.05, 3.63) is 90.5 Å². The minimum Gasteiger partial charge on any atom is -0.319 e. The number of rotatable bonds is 4. The Morgan fingerprint density at radius 2 is 1.84 bits per heavy atom. The highest BCUT2D eigenvalue weighted by molar-refractivity contribution is 6.07. The lowest BCUT2D eigenvalue weighted by molar-refractivity contribution is 0.102. The summed E-state index contributed by atoms with van der Waals surface area (Å²) in [7, 11) is 0. The Bertz CT molecular complexity index is 1010. The molecule has 6 heteroatoms. The SMILES string of the molecule is O=C(Nc1cccnc1)c1nc(Cc2cccnc2)n2ccccc12. The highest BCUT2D eigenvalue weighted by Crippen LogP contribution is 2.17. The summed E-state index contributed by atoms with van der Waals surface area (Å²) in [5, 5.41) is 2.84. The molecule has 0 saturated carbocycles. The maximum atomic E-state index is 12.7. The van der Waals surface area contributed by atoms with Gasteiger partial charge in [0, 0.05) is 31.2 Å². The van der Waals surface area contributed by atoms with Crippen molar-refractivity contribution in [2.45, 2.75) is 6.42 Å². The Kier molecular flexibility index (Phi) is 3.92. The molecule has 0 bridgehead atoms. The Morgan fingerprint density at radius 3 is 2.60 bits per heavy atom. The number of carbonyl (C=O) groups is 1. The van der Waals surface area contributed by atoms with E-state index in [1.165, 1.54) is 0 Å². The van der Waals surface area contributed by atoms with Gasteiger partial charge in [0.15, 0.2) is 5.69 Å². The van der Waals surface area contributed by atoms with Gasteiger partial charge in [-0.2, -0.15) is 0 Å². The van der Waals surface area contributed by atoms with Crippen molar-refractivity contribution >= 4 is 17.1 Å². The minimum atomic E-state index is -0.255. The van der Waals surface area contributed by atoms with Gasteiger partial charge in [0.2, 0.25) is 0 Å². The zero-order valence-corrected chi connectivity index (χ0v) is 13.3. The molecule has 0 saturated heterocycles. The van der Waals surface area contributed by atoms with E-state index in [0.717, 1.165) is 16.9 Å². The molecule has 4 aromatic heterocycles. The molecule has 4 aromatic rings. The van der Waals surface area contributed by atoms with E-state index in [2.05, 4.69) is 20.3 Å². The number of amides is 1. The van der Waals surface area contributed by atoms with Gasteiger partial charge in [-0.15, -0.1) is 0 Å². The molecule has 0 radical (unpaired) electrons. The maximum Gasteiger partial charge on any atom is 0.276 e. The molecule has 0 fully saturated rings. The summed E-state index contributed by atoms with van der Waals surface area (Å²) in [6.07, 6.45) is 9.31. The van der Waals surface area contributed by atoms with Crippen molar-refractivity contribution in [3.63, 3.8) is 0 Å². The smallest absolute Gasteiger partial charge is 0.276 e. The monoisotopic (exact) mass is 329 g/mol. The summed E-state index contributed by atoms with van der Waals surface area (Å²) in [5.41, 5.74) is 2.84. The highest BCUT2D eigenvalue weighted by Gasteiger charge is 2.17. The second-order valence-electron chi connectivity index (χ2n) is 5.57. The van der Waals surface area contributed by atoms with Gasteiger partial charge in [-0.3, -0.25) is 14.8 Å². The van der Waals surface area contributed by atoms with Gasteiger partial charge in [-0.05, 0) is 35.9 Å². The number of hydrogen-bond acceptors (Lipinski definition) is 4. The predicted octanol–water partition coefficient (Wildman–Crippen LogP) is 2.97. The maximum absolute atomic E-state index is 12.7. The molecular formula is C19H15N5O. The number of nitrogens with zero attached hydrogens (tertiary/aromatic N) is 4. The molecule has 122 valence electrons. The van der Waals surface area contributed by atoms with E-state index in [1.807, 2.05) is 40.9 Å². The van der Waals surface area contributed by atoms with E-state index in [4.69, 9.17) is 0 Å². The first-order chi connectivity index (χ1) is 12.3. The van der Waals surface area contributed by atoms with Crippen LogP contribution < -0.4 is 5.32 Å². The van der Waals surface area contributed by atoms with Gasteiger partial charge < -0.3 is 9.72 Å². The largest absolute Gasteiger partial charge is 0.319 e. The number of fused-ring (bicyclic) bond motifs is 1. The van der Waals surface area contributed by atoms with Gasteiger partial charge in [-0.25, -0.2) is 4.98 Å². The van der Waals surface area contributed by atoms with Gasteiger partial charge in [0.05, 0.1) is 17.4 Å². The molecule has 0 aliphatic carbocycles. The summed E-state index contributed by atoms with van der Waals surface area (Å²) in [5.74, 6) is 0.536. The van der Waals surface area contributed by atoms with Crippen LogP contribution in [-0.4, -0.2) is 25.3 Å². The van der Waals surface area contributed by atoms with Crippen LogP contribution in [0.1, 0.15) is 21.9 Å². The molecule has 0 aliphatic heterocycles. The average Bonchev–Trinajstić information content (AvgIpc) is 3.02. The lowest BCUT2D eigenvalue weighted by Gasteiger charge is -2.02. The first kappa shape index (κ1) is 15.0. The summed E-state index contributed by atoms with van der Waals surface area (Å²) >= 11 is 0. The summed E-state index contributed by atoms with van der Waals surface area (Å²) in [6.45, 7) is 0. The van der Waals surface area contributed by atoms with Crippen LogP contribution in [0.2, 0.25) is 0 Å². The molecule has 4 heterocycles. The van der Waals surface area contributed by atoms with Crippen LogP contribution in [0.15, 0.2) is 73.4 Å². The van der Waals surface area contributed by atoms with Gasteiger partial charge >= 0.3 is 0 Å². The molecule has 6 nitrogen and oxygen atoms in total. The fraction of sp³-hybridized carbons (Fsp3) is 0.0526. The third-order valence-corrected chi connectivity index (χ3v) is 3.84. The van der Waals surface area contributed by atoms with E-state index in [0.29, 0.717) is 17.8 Å². The fourth-order valence-corrected chi connectivity index (χ4v) is 2.71. The first-order valence-corrected chi connectivity index (χ1v) is 7.87. The molecule has 0 atom stereocenters. The van der Waals surface area contributed by atoms with Crippen LogP contribution >= 0.6 is 0 Å². The van der Waals surface area contributed by atoms with Gasteiger partial charge in [0.25, 0.3) is 5.91 Å². The third-order valence-electron chi connectivity index (χ3n) is 3.84. The van der Waals surface area contributed by atoms with E-state index >= 15 is 0 Å². The zero-order valence-electron chi connectivity index (χ0n) is 13.3. The number of anilines is 1. The van der Waals surface area contributed by atoms with Crippen LogP contribution in [0.5, 0.6) is 0 Å². The van der Waals surface area contributed by atoms with E-state index in [-0.39, 0.29) is 5.91 Å². The Labute approximate surface area is 144 Å². The van der Waals surface area contributed by atoms with Crippen LogP contribution in [0.4, 0.5) is 5.69 Å². The minimum absolute atomic E-state index is 0.255. The molecule has 0 unspecified atom stereocenters. The lowest BCUT2D eigenvalue weighted by atomic mass is 10.2. The fourth-order valence-electron chi connectivity index (χ4n) is 2.71. The third kappa shape index (κ3) is 3.10. The Morgan fingerprint density at radius 1 is 1.00 bits per heavy atom. The van der Waals surface area contributed by atoms with E-state index in [1.54, 1.807) is 36.9 Å². The number of imidazole rings is 1. The van der Waals surface area contributed by atoms with Crippen molar-refractivity contribution in [2.24, 2.45) is 0 Å². The summed E-state index contributed by atoms with van der Waals surface area (Å²) < 4.78 is 1.94. The van der Waals surface area contributed by atoms with Crippen molar-refractivity contribution < 1.29 is 4.79 Å². The predicted molar refractivity (Wildman–Crippen MR) is 94.4 cm³/mol. The van der Waals surface area contributed by atoms with Gasteiger partial charge in [0.1, 0.15) is 5.82 Å².